The van der Waals surface area contributed by atoms with Gasteiger partial charge in [0.05, 0.1) is 10.6 Å². The molecule has 2 rings (SSSR count). The molecule has 140 valence electrons. The van der Waals surface area contributed by atoms with Crippen molar-refractivity contribution in [1.82, 2.24) is 15.2 Å². The fourth-order valence-corrected chi connectivity index (χ4v) is 3.14. The number of amides is 1. The van der Waals surface area contributed by atoms with Gasteiger partial charge in [0.15, 0.2) is 0 Å². The molecule has 0 aliphatic carbocycles. The number of aromatic nitrogens is 1. The van der Waals surface area contributed by atoms with Crippen LogP contribution in [0.2, 0.25) is 5.02 Å². The minimum atomic E-state index is -4.47. The Balaban J connectivity index is 1.97. The van der Waals surface area contributed by atoms with Crippen LogP contribution in [-0.2, 0) is 11.0 Å². The highest BCUT2D eigenvalue weighted by Crippen LogP contribution is 2.34. The molecule has 1 amide bonds. The number of hydrogen-bond donors (Lipinski definition) is 1. The summed E-state index contributed by atoms with van der Waals surface area (Å²) in [5.74, 6) is 0.358. The van der Waals surface area contributed by atoms with Crippen molar-refractivity contribution in [2.45, 2.75) is 19.0 Å². The molecular formula is C16H22ClF3N4O. The number of rotatable bonds is 5. The quantitative estimate of drug-likeness (QED) is 0.855. The molecule has 1 aliphatic heterocycles. The first-order valence-corrected chi connectivity index (χ1v) is 8.49. The van der Waals surface area contributed by atoms with E-state index >= 15 is 0 Å². The van der Waals surface area contributed by atoms with Crippen LogP contribution in [-0.4, -0.2) is 56.1 Å². The number of hydrogen-bond acceptors (Lipinski definition) is 4. The van der Waals surface area contributed by atoms with Crippen molar-refractivity contribution < 1.29 is 18.0 Å². The number of carbonyl (C=O) groups excluding carboxylic acids is 1. The highest BCUT2D eigenvalue weighted by Gasteiger charge is 2.33. The third kappa shape index (κ3) is 4.98. The highest BCUT2D eigenvalue weighted by molar-refractivity contribution is 6.33. The predicted octanol–water partition coefficient (Wildman–Crippen LogP) is 2.65. The van der Waals surface area contributed by atoms with Gasteiger partial charge in [0.2, 0.25) is 5.91 Å². The zero-order valence-electron chi connectivity index (χ0n) is 14.2. The lowest BCUT2D eigenvalue weighted by Gasteiger charge is -2.34. The molecular weight excluding hydrogens is 357 g/mol. The van der Waals surface area contributed by atoms with Crippen molar-refractivity contribution in [3.8, 4) is 0 Å². The van der Waals surface area contributed by atoms with Gasteiger partial charge in [0, 0.05) is 45.3 Å². The van der Waals surface area contributed by atoms with E-state index in [-0.39, 0.29) is 16.8 Å². The van der Waals surface area contributed by atoms with Crippen LogP contribution in [0, 0.1) is 5.92 Å². The zero-order valence-corrected chi connectivity index (χ0v) is 15.0. The van der Waals surface area contributed by atoms with Gasteiger partial charge in [0.25, 0.3) is 0 Å². The van der Waals surface area contributed by atoms with Crippen LogP contribution in [0.25, 0.3) is 0 Å². The first-order chi connectivity index (χ1) is 11.7. The minimum absolute atomic E-state index is 0.0225. The smallest absolute Gasteiger partial charge is 0.355 e. The lowest BCUT2D eigenvalue weighted by atomic mass is 9.95. The molecule has 25 heavy (non-hydrogen) atoms. The monoisotopic (exact) mass is 378 g/mol. The number of carbonyl (C=O) groups is 1. The van der Waals surface area contributed by atoms with E-state index in [1.165, 1.54) is 0 Å². The van der Waals surface area contributed by atoms with Crippen molar-refractivity contribution in [2.75, 3.05) is 45.2 Å². The molecule has 1 aliphatic rings. The van der Waals surface area contributed by atoms with Gasteiger partial charge < -0.3 is 15.1 Å². The maximum Gasteiger partial charge on any atom is 0.417 e. The summed E-state index contributed by atoms with van der Waals surface area (Å²) in [4.78, 5) is 19.8. The van der Waals surface area contributed by atoms with Crippen molar-refractivity contribution in [3.63, 3.8) is 0 Å². The molecule has 5 nitrogen and oxygen atoms in total. The van der Waals surface area contributed by atoms with Gasteiger partial charge in [-0.1, -0.05) is 11.6 Å². The fourth-order valence-electron chi connectivity index (χ4n) is 2.86. The average molecular weight is 379 g/mol. The molecule has 0 aromatic carbocycles. The molecule has 0 radical (unpaired) electrons. The van der Waals surface area contributed by atoms with Crippen molar-refractivity contribution in [2.24, 2.45) is 5.92 Å². The number of alkyl halides is 3. The third-order valence-corrected chi connectivity index (χ3v) is 4.64. The second-order valence-electron chi connectivity index (χ2n) is 6.15. The Bertz CT molecular complexity index is 604. The number of halogens is 4. The molecule has 0 unspecified atom stereocenters. The molecule has 1 N–H and O–H groups in total. The Morgan fingerprint density at radius 1 is 1.44 bits per heavy atom. The summed E-state index contributed by atoms with van der Waals surface area (Å²) in [5, 5.41) is 2.98. The van der Waals surface area contributed by atoms with Crippen LogP contribution < -0.4 is 10.2 Å². The normalized spacial score (nSPS) is 16.2. The summed E-state index contributed by atoms with van der Waals surface area (Å²) in [6, 6.07) is 0.895. The maximum atomic E-state index is 12.7. The third-order valence-electron chi connectivity index (χ3n) is 4.37. The van der Waals surface area contributed by atoms with Crippen LogP contribution in [0.15, 0.2) is 12.3 Å². The van der Waals surface area contributed by atoms with Gasteiger partial charge in [-0.05, 0) is 26.0 Å². The van der Waals surface area contributed by atoms with E-state index in [2.05, 4.69) is 10.3 Å². The summed E-state index contributed by atoms with van der Waals surface area (Å²) >= 11 is 5.99. The Morgan fingerprint density at radius 3 is 2.60 bits per heavy atom. The molecule has 1 aromatic rings. The lowest BCUT2D eigenvalue weighted by molar-refractivity contribution is -0.138. The Labute approximate surface area is 150 Å². The lowest BCUT2D eigenvalue weighted by Crippen LogP contribution is -2.43. The van der Waals surface area contributed by atoms with E-state index in [0.29, 0.717) is 38.3 Å². The van der Waals surface area contributed by atoms with Gasteiger partial charge in [-0.15, -0.1) is 0 Å². The predicted molar refractivity (Wildman–Crippen MR) is 90.7 cm³/mol. The summed E-state index contributed by atoms with van der Waals surface area (Å²) in [7, 11) is 3.61. The van der Waals surface area contributed by atoms with Gasteiger partial charge >= 0.3 is 6.18 Å². The molecule has 1 aromatic heterocycles. The van der Waals surface area contributed by atoms with Crippen molar-refractivity contribution >= 4 is 23.3 Å². The number of anilines is 1. The molecule has 2 heterocycles. The van der Waals surface area contributed by atoms with Crippen LogP contribution in [0.4, 0.5) is 19.0 Å². The van der Waals surface area contributed by atoms with Gasteiger partial charge in [-0.2, -0.15) is 13.2 Å². The van der Waals surface area contributed by atoms with E-state index < -0.39 is 11.7 Å². The highest BCUT2D eigenvalue weighted by atomic mass is 35.5. The topological polar surface area (TPSA) is 48.5 Å². The summed E-state index contributed by atoms with van der Waals surface area (Å²) in [6.07, 6.45) is -2.42. The molecule has 0 spiro atoms. The fraction of sp³-hybridized carbons (Fsp3) is 0.625. The zero-order chi connectivity index (χ0) is 18.6. The minimum Gasteiger partial charge on any atom is -0.355 e. The van der Waals surface area contributed by atoms with E-state index in [0.717, 1.165) is 18.8 Å². The van der Waals surface area contributed by atoms with Crippen molar-refractivity contribution in [1.29, 1.82) is 0 Å². The molecule has 0 saturated carbocycles. The molecule has 0 bridgehead atoms. The van der Waals surface area contributed by atoms with Crippen LogP contribution in [0.1, 0.15) is 18.4 Å². The Morgan fingerprint density at radius 2 is 2.08 bits per heavy atom. The van der Waals surface area contributed by atoms with E-state index in [1.54, 1.807) is 11.9 Å². The standard InChI is InChI=1S/C16H22ClF3N4O/c1-21-5-8-23(2)15(25)11-3-6-24(7-4-11)14-13(17)9-12(10-22-14)16(18,19)20/h9-11,21H,3-8H2,1-2H3. The summed E-state index contributed by atoms with van der Waals surface area (Å²) in [6.45, 7) is 2.44. The van der Waals surface area contributed by atoms with E-state index in [9.17, 15) is 18.0 Å². The number of piperidine rings is 1. The SMILES string of the molecule is CNCCN(C)C(=O)C1CCN(c2ncc(C(F)(F)F)cc2Cl)CC1. The van der Waals surface area contributed by atoms with Crippen LogP contribution in [0.5, 0.6) is 0 Å². The number of likely N-dealkylation sites (N-methyl/N-ethyl adjacent to an activating group) is 2. The van der Waals surface area contributed by atoms with Crippen molar-refractivity contribution in [3.05, 3.63) is 22.8 Å². The Kier molecular flexibility index (Phi) is 6.51. The number of pyridine rings is 1. The van der Waals surface area contributed by atoms with Crippen LogP contribution >= 0.6 is 11.6 Å². The maximum absolute atomic E-state index is 12.7. The van der Waals surface area contributed by atoms with Crippen LogP contribution in [0.3, 0.4) is 0 Å². The Hall–Kier alpha value is -1.54. The number of nitrogens with zero attached hydrogens (tertiary/aromatic N) is 3. The number of nitrogens with one attached hydrogen (secondary N) is 1. The largest absolute Gasteiger partial charge is 0.417 e. The first-order valence-electron chi connectivity index (χ1n) is 8.11. The van der Waals surface area contributed by atoms with Gasteiger partial charge in [-0.3, -0.25) is 4.79 Å². The molecule has 1 saturated heterocycles. The van der Waals surface area contributed by atoms with Gasteiger partial charge in [-0.25, -0.2) is 4.98 Å². The summed E-state index contributed by atoms with van der Waals surface area (Å²) in [5.41, 5.74) is -0.863. The van der Waals surface area contributed by atoms with Gasteiger partial charge in [0.1, 0.15) is 5.82 Å². The first kappa shape index (κ1) is 19.8. The molecule has 0 atom stereocenters. The van der Waals surface area contributed by atoms with E-state index in [1.807, 2.05) is 11.9 Å². The second-order valence-corrected chi connectivity index (χ2v) is 6.56. The molecule has 1 fully saturated rings. The molecule has 9 heteroatoms. The summed E-state index contributed by atoms with van der Waals surface area (Å²) < 4.78 is 38.1. The average Bonchev–Trinajstić information content (AvgIpc) is 2.58. The van der Waals surface area contributed by atoms with E-state index in [4.69, 9.17) is 11.6 Å². The second kappa shape index (κ2) is 8.23.